The Morgan fingerprint density at radius 3 is 2.85 bits per heavy atom. The molecular formula is C8H6ClNO3. The van der Waals surface area contributed by atoms with E-state index in [1.54, 1.807) is 6.07 Å². The number of nitrogens with zero attached hydrogens (tertiary/aromatic N) is 1. The van der Waals surface area contributed by atoms with E-state index < -0.39 is 4.92 Å². The topological polar surface area (TPSA) is 55.7 Å². The van der Waals surface area contributed by atoms with Gasteiger partial charge in [-0.1, -0.05) is 17.7 Å². The molecule has 0 spiro atoms. The smallest absolute Gasteiger partial charge is 0.288 e. The van der Waals surface area contributed by atoms with Crippen molar-refractivity contribution in [3.8, 4) is 0 Å². The summed E-state index contributed by atoms with van der Waals surface area (Å²) in [5.41, 5.74) is 0.755. The van der Waals surface area contributed by atoms with Crippen LogP contribution < -0.4 is 0 Å². The van der Waals surface area contributed by atoms with Gasteiger partial charge in [0.25, 0.3) is 5.69 Å². The van der Waals surface area contributed by atoms with Gasteiger partial charge in [0.05, 0.1) is 11.5 Å². The molecule has 1 aromatic carbocycles. The standard InChI is InChI=1S/C8H6ClNO3/c9-6-2-1-5(8-4-13-8)3-7(6)10(11)12/h1-3,8H,4H2. The summed E-state index contributed by atoms with van der Waals surface area (Å²) in [6.07, 6.45) is 0.0240. The van der Waals surface area contributed by atoms with Crippen molar-refractivity contribution in [3.05, 3.63) is 38.9 Å². The summed E-state index contributed by atoms with van der Waals surface area (Å²) in [5.74, 6) is 0. The summed E-state index contributed by atoms with van der Waals surface area (Å²) in [5, 5.41) is 10.7. The molecule has 1 heterocycles. The van der Waals surface area contributed by atoms with Crippen molar-refractivity contribution < 1.29 is 9.66 Å². The molecule has 0 radical (unpaired) electrons. The fraction of sp³-hybridized carbons (Fsp3) is 0.250. The van der Waals surface area contributed by atoms with E-state index in [2.05, 4.69) is 0 Å². The largest absolute Gasteiger partial charge is 0.368 e. The van der Waals surface area contributed by atoms with Crippen LogP contribution in [0.3, 0.4) is 0 Å². The Morgan fingerprint density at radius 2 is 2.31 bits per heavy atom. The number of epoxide rings is 1. The van der Waals surface area contributed by atoms with Crippen molar-refractivity contribution in [2.24, 2.45) is 0 Å². The zero-order chi connectivity index (χ0) is 9.42. The van der Waals surface area contributed by atoms with Gasteiger partial charge in [0, 0.05) is 6.07 Å². The maximum atomic E-state index is 10.5. The lowest BCUT2D eigenvalue weighted by Crippen LogP contribution is -1.91. The van der Waals surface area contributed by atoms with Crippen LogP contribution >= 0.6 is 11.6 Å². The minimum absolute atomic E-state index is 0.0240. The number of nitro groups is 1. The van der Waals surface area contributed by atoms with Gasteiger partial charge in [0.15, 0.2) is 0 Å². The second kappa shape index (κ2) is 2.97. The summed E-state index contributed by atoms with van der Waals surface area (Å²) in [6.45, 7) is 0.638. The zero-order valence-electron chi connectivity index (χ0n) is 6.57. The molecule has 1 aromatic rings. The second-order valence-corrected chi connectivity index (χ2v) is 3.20. The van der Waals surface area contributed by atoms with Crippen LogP contribution in [0.15, 0.2) is 18.2 Å². The summed E-state index contributed by atoms with van der Waals surface area (Å²) in [4.78, 5) is 10.0. The van der Waals surface area contributed by atoms with E-state index in [1.165, 1.54) is 12.1 Å². The third-order valence-electron chi connectivity index (χ3n) is 1.87. The summed E-state index contributed by atoms with van der Waals surface area (Å²) in [7, 11) is 0. The van der Waals surface area contributed by atoms with E-state index in [0.29, 0.717) is 6.61 Å². The lowest BCUT2D eigenvalue weighted by atomic mass is 10.1. The van der Waals surface area contributed by atoms with Gasteiger partial charge < -0.3 is 4.74 Å². The summed E-state index contributed by atoms with van der Waals surface area (Å²) >= 11 is 5.63. The number of ether oxygens (including phenoxy) is 1. The second-order valence-electron chi connectivity index (χ2n) is 2.79. The lowest BCUT2D eigenvalue weighted by Gasteiger charge is -1.97. The maximum absolute atomic E-state index is 10.5. The first kappa shape index (κ1) is 8.47. The van der Waals surface area contributed by atoms with Gasteiger partial charge in [-0.3, -0.25) is 10.1 Å². The normalized spacial score (nSPS) is 19.9. The lowest BCUT2D eigenvalue weighted by molar-refractivity contribution is -0.384. The highest BCUT2D eigenvalue weighted by Crippen LogP contribution is 2.34. The molecule has 5 heteroatoms. The Hall–Kier alpha value is -1.13. The highest BCUT2D eigenvalue weighted by Gasteiger charge is 2.27. The fourth-order valence-corrected chi connectivity index (χ4v) is 1.30. The van der Waals surface area contributed by atoms with E-state index in [1.807, 2.05) is 0 Å². The highest BCUT2D eigenvalue weighted by atomic mass is 35.5. The third-order valence-corrected chi connectivity index (χ3v) is 2.19. The third kappa shape index (κ3) is 1.64. The summed E-state index contributed by atoms with van der Waals surface area (Å²) in [6, 6.07) is 4.73. The predicted octanol–water partition coefficient (Wildman–Crippen LogP) is 2.32. The van der Waals surface area contributed by atoms with Crippen LogP contribution in [-0.2, 0) is 4.74 Å². The Bertz CT molecular complexity index is 362. The molecule has 0 aromatic heterocycles. The van der Waals surface area contributed by atoms with E-state index in [-0.39, 0.29) is 16.8 Å². The van der Waals surface area contributed by atoms with Crippen molar-refractivity contribution in [1.82, 2.24) is 0 Å². The molecule has 0 saturated carbocycles. The molecule has 68 valence electrons. The van der Waals surface area contributed by atoms with Gasteiger partial charge in [0.1, 0.15) is 11.1 Å². The van der Waals surface area contributed by atoms with Gasteiger partial charge in [-0.25, -0.2) is 0 Å². The van der Waals surface area contributed by atoms with Crippen molar-refractivity contribution >= 4 is 17.3 Å². The first-order chi connectivity index (χ1) is 6.18. The van der Waals surface area contributed by atoms with Gasteiger partial charge in [-0.15, -0.1) is 0 Å². The van der Waals surface area contributed by atoms with Gasteiger partial charge in [-0.05, 0) is 11.6 Å². The molecule has 0 amide bonds. The molecule has 0 N–H and O–H groups in total. The van der Waals surface area contributed by atoms with Crippen molar-refractivity contribution in [2.45, 2.75) is 6.10 Å². The molecule has 2 rings (SSSR count). The molecule has 13 heavy (non-hydrogen) atoms. The van der Waals surface area contributed by atoms with Crippen LogP contribution in [0.25, 0.3) is 0 Å². The SMILES string of the molecule is O=[N+]([O-])c1cc(C2CO2)ccc1Cl. The molecule has 4 nitrogen and oxygen atoms in total. The molecule has 1 aliphatic heterocycles. The molecule has 1 unspecified atom stereocenters. The number of hydrogen-bond acceptors (Lipinski definition) is 3. The van der Waals surface area contributed by atoms with E-state index in [9.17, 15) is 10.1 Å². The number of nitro benzene ring substituents is 1. The van der Waals surface area contributed by atoms with Gasteiger partial charge in [0.2, 0.25) is 0 Å². The van der Waals surface area contributed by atoms with Crippen LogP contribution in [0.4, 0.5) is 5.69 Å². The summed E-state index contributed by atoms with van der Waals surface area (Å²) < 4.78 is 5.00. The minimum atomic E-state index is -0.492. The molecular weight excluding hydrogens is 194 g/mol. The molecule has 1 fully saturated rings. The molecule has 0 bridgehead atoms. The quantitative estimate of drug-likeness (QED) is 0.417. The number of rotatable bonds is 2. The average Bonchev–Trinajstić information content (AvgIpc) is 2.87. The first-order valence-corrected chi connectivity index (χ1v) is 4.12. The molecule has 1 saturated heterocycles. The average molecular weight is 200 g/mol. The van der Waals surface area contributed by atoms with Crippen LogP contribution in [0.2, 0.25) is 5.02 Å². The monoisotopic (exact) mass is 199 g/mol. The zero-order valence-corrected chi connectivity index (χ0v) is 7.32. The number of benzene rings is 1. The number of halogens is 1. The minimum Gasteiger partial charge on any atom is -0.368 e. The Balaban J connectivity index is 2.41. The van der Waals surface area contributed by atoms with Crippen LogP contribution in [0, 0.1) is 10.1 Å². The highest BCUT2D eigenvalue weighted by molar-refractivity contribution is 6.32. The number of hydrogen-bond donors (Lipinski definition) is 0. The Kier molecular flexibility index (Phi) is 1.94. The van der Waals surface area contributed by atoms with Gasteiger partial charge >= 0.3 is 0 Å². The van der Waals surface area contributed by atoms with Crippen molar-refractivity contribution in [3.63, 3.8) is 0 Å². The Morgan fingerprint density at radius 1 is 1.62 bits per heavy atom. The van der Waals surface area contributed by atoms with Crippen molar-refractivity contribution in [1.29, 1.82) is 0 Å². The van der Waals surface area contributed by atoms with Gasteiger partial charge in [-0.2, -0.15) is 0 Å². The first-order valence-electron chi connectivity index (χ1n) is 3.74. The Labute approximate surface area is 79.2 Å². The van der Waals surface area contributed by atoms with Crippen LogP contribution in [0.5, 0.6) is 0 Å². The van der Waals surface area contributed by atoms with Crippen LogP contribution in [0.1, 0.15) is 11.7 Å². The molecule has 1 atom stereocenters. The predicted molar refractivity (Wildman–Crippen MR) is 46.8 cm³/mol. The fourth-order valence-electron chi connectivity index (χ4n) is 1.11. The maximum Gasteiger partial charge on any atom is 0.288 e. The van der Waals surface area contributed by atoms with E-state index >= 15 is 0 Å². The van der Waals surface area contributed by atoms with Crippen LogP contribution in [-0.4, -0.2) is 11.5 Å². The van der Waals surface area contributed by atoms with E-state index in [4.69, 9.17) is 16.3 Å². The van der Waals surface area contributed by atoms with E-state index in [0.717, 1.165) is 5.56 Å². The van der Waals surface area contributed by atoms with Crippen molar-refractivity contribution in [2.75, 3.05) is 6.61 Å². The molecule has 1 aliphatic rings. The molecule has 0 aliphatic carbocycles.